The summed E-state index contributed by atoms with van der Waals surface area (Å²) in [4.78, 5) is 0. The summed E-state index contributed by atoms with van der Waals surface area (Å²) < 4.78 is 37.8. The summed E-state index contributed by atoms with van der Waals surface area (Å²) in [5, 5.41) is 0. The molecular weight excluding hydrogens is 381 g/mol. The summed E-state index contributed by atoms with van der Waals surface area (Å²) in [6.45, 7) is 2.24. The first-order chi connectivity index (χ1) is 14.4. The van der Waals surface area contributed by atoms with E-state index in [-0.39, 0.29) is 17.8 Å². The molecular formula is C27H35F3. The van der Waals surface area contributed by atoms with Crippen LogP contribution in [-0.2, 0) is 0 Å². The lowest BCUT2D eigenvalue weighted by Crippen LogP contribution is -2.30. The molecule has 2 aliphatic carbocycles. The number of rotatable bonds is 8. The highest BCUT2D eigenvalue weighted by atomic mass is 19.4. The first-order valence-corrected chi connectivity index (χ1v) is 11.6. The van der Waals surface area contributed by atoms with E-state index < -0.39 is 12.6 Å². The lowest BCUT2D eigenvalue weighted by atomic mass is 9.64. The van der Waals surface area contributed by atoms with Gasteiger partial charge in [-0.2, -0.15) is 13.2 Å². The van der Waals surface area contributed by atoms with E-state index >= 15 is 0 Å². The van der Waals surface area contributed by atoms with Gasteiger partial charge in [-0.1, -0.05) is 106 Å². The van der Waals surface area contributed by atoms with Gasteiger partial charge in [-0.15, -0.1) is 0 Å². The molecule has 30 heavy (non-hydrogen) atoms. The van der Waals surface area contributed by atoms with Crippen LogP contribution >= 0.6 is 0 Å². The van der Waals surface area contributed by atoms with Gasteiger partial charge in [-0.3, -0.25) is 0 Å². The first kappa shape index (κ1) is 22.9. The van der Waals surface area contributed by atoms with Crippen LogP contribution in [0, 0.1) is 17.3 Å². The predicted molar refractivity (Wildman–Crippen MR) is 119 cm³/mol. The van der Waals surface area contributed by atoms with Gasteiger partial charge in [0.2, 0.25) is 0 Å². The predicted octanol–water partition coefficient (Wildman–Crippen LogP) is 8.78. The van der Waals surface area contributed by atoms with E-state index in [2.05, 4.69) is 49.4 Å². The van der Waals surface area contributed by atoms with Crippen LogP contribution in [0.1, 0.15) is 76.2 Å². The van der Waals surface area contributed by atoms with Gasteiger partial charge >= 0.3 is 6.18 Å². The minimum Gasteiger partial charge on any atom is -0.171 e. The number of unbranched alkanes of at least 4 members (excludes halogenated alkanes) is 1. The molecule has 0 radical (unpaired) electrons. The number of hydrogen-bond acceptors (Lipinski definition) is 0. The third kappa shape index (κ3) is 6.36. The molecule has 164 valence electrons. The number of allylic oxidation sites excluding steroid dienone is 6. The number of benzene rings is 1. The molecule has 0 amide bonds. The van der Waals surface area contributed by atoms with E-state index in [0.29, 0.717) is 5.92 Å². The molecule has 1 saturated carbocycles. The van der Waals surface area contributed by atoms with Gasteiger partial charge in [0.1, 0.15) is 0 Å². The Hall–Kier alpha value is -1.77. The van der Waals surface area contributed by atoms with Crippen LogP contribution in [0.2, 0.25) is 0 Å². The fourth-order valence-corrected chi connectivity index (χ4v) is 5.06. The molecule has 3 rings (SSSR count). The van der Waals surface area contributed by atoms with Gasteiger partial charge in [-0.25, -0.2) is 0 Å². The van der Waals surface area contributed by atoms with Crippen molar-refractivity contribution in [3.8, 4) is 0 Å². The van der Waals surface area contributed by atoms with Crippen molar-refractivity contribution < 1.29 is 13.2 Å². The fourth-order valence-electron chi connectivity index (χ4n) is 5.06. The molecule has 1 aromatic carbocycles. The molecule has 0 heterocycles. The fraction of sp³-hybridized carbons (Fsp3) is 0.556. The standard InChI is InChI=1S/C27H35F3/c1-2-3-9-22-12-14-25(15-13-22)26(18-7-8-19-27(28,29)30)20-16-24(17-21-26)23-10-5-4-6-11-23/h4-7,10-11,16-18,20-22,24-25H,2-3,8-9,12-15,19H2,1H3/b18-7+. The van der Waals surface area contributed by atoms with Crippen LogP contribution in [0.25, 0.3) is 0 Å². The van der Waals surface area contributed by atoms with E-state index in [4.69, 9.17) is 0 Å². The maximum atomic E-state index is 12.6. The van der Waals surface area contributed by atoms with Crippen molar-refractivity contribution in [2.24, 2.45) is 17.3 Å². The van der Waals surface area contributed by atoms with E-state index in [9.17, 15) is 13.2 Å². The molecule has 0 N–H and O–H groups in total. The van der Waals surface area contributed by atoms with Crippen molar-refractivity contribution in [3.63, 3.8) is 0 Å². The summed E-state index contributed by atoms with van der Waals surface area (Å²) >= 11 is 0. The molecule has 0 spiro atoms. The Balaban J connectivity index is 1.72. The lowest BCUT2D eigenvalue weighted by molar-refractivity contribution is -0.133. The van der Waals surface area contributed by atoms with Gasteiger partial charge in [0.15, 0.2) is 0 Å². The van der Waals surface area contributed by atoms with E-state index in [0.717, 1.165) is 18.8 Å². The third-order valence-electron chi connectivity index (χ3n) is 6.89. The van der Waals surface area contributed by atoms with Gasteiger partial charge < -0.3 is 0 Å². The molecule has 2 aliphatic rings. The Morgan fingerprint density at radius 2 is 1.67 bits per heavy atom. The van der Waals surface area contributed by atoms with E-state index in [1.165, 1.54) is 37.7 Å². The minimum absolute atomic E-state index is 0.0564. The summed E-state index contributed by atoms with van der Waals surface area (Å²) in [5.74, 6) is 1.53. The van der Waals surface area contributed by atoms with Crippen LogP contribution in [0.3, 0.4) is 0 Å². The molecule has 0 unspecified atom stereocenters. The SMILES string of the molecule is CCCCC1CCC(C2(/C=C/CCC(F)(F)F)C=CC(c3ccccc3)C=C2)CC1. The molecule has 0 aromatic heterocycles. The van der Waals surface area contributed by atoms with Crippen molar-refractivity contribution in [1.82, 2.24) is 0 Å². The van der Waals surface area contributed by atoms with Gasteiger partial charge in [-0.05, 0) is 36.7 Å². The minimum atomic E-state index is -4.09. The zero-order valence-corrected chi connectivity index (χ0v) is 18.1. The number of alkyl halides is 3. The molecule has 0 bridgehead atoms. The van der Waals surface area contributed by atoms with E-state index in [1.807, 2.05) is 18.2 Å². The summed E-state index contributed by atoms with van der Waals surface area (Å²) in [6.07, 6.45) is 16.7. The highest BCUT2D eigenvalue weighted by Gasteiger charge is 2.36. The number of halogens is 3. The Kier molecular flexibility index (Phi) is 8.02. The second-order valence-corrected chi connectivity index (χ2v) is 9.07. The highest BCUT2D eigenvalue weighted by molar-refractivity contribution is 5.37. The van der Waals surface area contributed by atoms with Crippen molar-refractivity contribution >= 4 is 0 Å². The molecule has 1 aromatic rings. The van der Waals surface area contributed by atoms with Gasteiger partial charge in [0.25, 0.3) is 0 Å². The van der Waals surface area contributed by atoms with Crippen LogP contribution in [-0.4, -0.2) is 6.18 Å². The quantitative estimate of drug-likeness (QED) is 0.371. The Bertz CT molecular complexity index is 704. The van der Waals surface area contributed by atoms with Gasteiger partial charge in [0, 0.05) is 17.8 Å². The molecule has 0 saturated heterocycles. The molecule has 0 aliphatic heterocycles. The zero-order chi connectivity index (χ0) is 21.5. The maximum Gasteiger partial charge on any atom is 0.389 e. The van der Waals surface area contributed by atoms with Gasteiger partial charge in [0.05, 0.1) is 0 Å². The average Bonchev–Trinajstić information content (AvgIpc) is 2.76. The molecule has 3 heteroatoms. The highest BCUT2D eigenvalue weighted by Crippen LogP contribution is 2.47. The maximum absolute atomic E-state index is 12.6. The largest absolute Gasteiger partial charge is 0.389 e. The van der Waals surface area contributed by atoms with Crippen LogP contribution in [0.15, 0.2) is 66.8 Å². The molecule has 0 nitrogen and oxygen atoms in total. The van der Waals surface area contributed by atoms with Crippen LogP contribution < -0.4 is 0 Å². The lowest BCUT2D eigenvalue weighted by Gasteiger charge is -2.41. The summed E-state index contributed by atoms with van der Waals surface area (Å²) in [7, 11) is 0. The second-order valence-electron chi connectivity index (χ2n) is 9.07. The Morgan fingerprint density at radius 1 is 1.00 bits per heavy atom. The topological polar surface area (TPSA) is 0 Å². The third-order valence-corrected chi connectivity index (χ3v) is 6.89. The van der Waals surface area contributed by atoms with Crippen LogP contribution in [0.4, 0.5) is 13.2 Å². The average molecular weight is 417 g/mol. The van der Waals surface area contributed by atoms with Crippen molar-refractivity contribution in [3.05, 3.63) is 72.4 Å². The summed E-state index contributed by atoms with van der Waals surface area (Å²) in [6, 6.07) is 10.4. The first-order valence-electron chi connectivity index (χ1n) is 11.6. The molecule has 1 fully saturated rings. The monoisotopic (exact) mass is 416 g/mol. The normalized spacial score (nSPS) is 29.5. The zero-order valence-electron chi connectivity index (χ0n) is 18.1. The second kappa shape index (κ2) is 10.5. The Labute approximate surface area is 180 Å². The van der Waals surface area contributed by atoms with Crippen molar-refractivity contribution in [2.75, 3.05) is 0 Å². The Morgan fingerprint density at radius 3 is 2.27 bits per heavy atom. The smallest absolute Gasteiger partial charge is 0.171 e. The summed E-state index contributed by atoms with van der Waals surface area (Å²) in [5.41, 5.74) is 1.01. The van der Waals surface area contributed by atoms with Crippen LogP contribution in [0.5, 0.6) is 0 Å². The number of hydrogen-bond donors (Lipinski definition) is 0. The van der Waals surface area contributed by atoms with Crippen molar-refractivity contribution in [1.29, 1.82) is 0 Å². The molecule has 0 atom stereocenters. The van der Waals surface area contributed by atoms with E-state index in [1.54, 1.807) is 6.08 Å². The van der Waals surface area contributed by atoms with Crippen molar-refractivity contribution in [2.45, 2.75) is 76.8 Å².